The third-order valence-corrected chi connectivity index (χ3v) is 7.90. The van der Waals surface area contributed by atoms with Gasteiger partial charge in [0.2, 0.25) is 5.91 Å². The molecule has 0 spiro atoms. The van der Waals surface area contributed by atoms with E-state index < -0.39 is 6.17 Å². The summed E-state index contributed by atoms with van der Waals surface area (Å²) in [5, 5.41) is 3.72. The Morgan fingerprint density at radius 1 is 1.15 bits per heavy atom. The molecule has 0 bridgehead atoms. The number of rotatable bonds is 4. The number of nitrogens with zero attached hydrogens (tertiary/aromatic N) is 4. The van der Waals surface area contributed by atoms with Crippen molar-refractivity contribution in [3.05, 3.63) is 53.0 Å². The Morgan fingerprint density at radius 2 is 1.85 bits per heavy atom. The molecule has 6 nitrogen and oxygen atoms in total. The number of anilines is 1. The highest BCUT2D eigenvalue weighted by molar-refractivity contribution is 5.85. The van der Waals surface area contributed by atoms with E-state index in [1.807, 2.05) is 11.8 Å². The zero-order valence-electron chi connectivity index (χ0n) is 20.7. The van der Waals surface area contributed by atoms with E-state index in [-0.39, 0.29) is 29.3 Å². The summed E-state index contributed by atoms with van der Waals surface area (Å²) in [4.78, 5) is 26.9. The molecular formula is C27H36FN5O. The second-order valence-electron chi connectivity index (χ2n) is 11.0. The number of nitrogens with one attached hydrogen (secondary N) is 1. The smallest absolute Gasteiger partial charge is 0.231 e. The lowest BCUT2D eigenvalue weighted by atomic mass is 9.88. The lowest BCUT2D eigenvalue weighted by Gasteiger charge is -2.39. The van der Waals surface area contributed by atoms with Crippen LogP contribution in [0.3, 0.4) is 0 Å². The van der Waals surface area contributed by atoms with E-state index >= 15 is 0 Å². The molecule has 3 heterocycles. The maximum atomic E-state index is 14.4. The van der Waals surface area contributed by atoms with Crippen molar-refractivity contribution in [2.75, 3.05) is 31.1 Å². The number of carbonyl (C=O) groups excluding carboxylic acids is 1. The minimum Gasteiger partial charge on any atom is -0.353 e. The molecule has 2 fully saturated rings. The van der Waals surface area contributed by atoms with Crippen LogP contribution in [0.5, 0.6) is 0 Å². The normalized spacial score (nSPS) is 27.0. The molecule has 7 heteroatoms. The number of amides is 1. The number of benzene rings is 1. The van der Waals surface area contributed by atoms with Gasteiger partial charge < -0.3 is 15.1 Å². The molecule has 0 radical (unpaired) electrons. The number of hydrogen-bond acceptors (Lipinski definition) is 5. The van der Waals surface area contributed by atoms with E-state index in [4.69, 9.17) is 0 Å². The zero-order chi connectivity index (χ0) is 24.0. The minimum absolute atomic E-state index is 0.0466. The van der Waals surface area contributed by atoms with E-state index in [9.17, 15) is 9.18 Å². The van der Waals surface area contributed by atoms with Gasteiger partial charge in [-0.15, -0.1) is 0 Å². The van der Waals surface area contributed by atoms with Crippen LogP contribution >= 0.6 is 0 Å². The summed E-state index contributed by atoms with van der Waals surface area (Å²) in [7, 11) is 0. The molecule has 1 N–H and O–H groups in total. The van der Waals surface area contributed by atoms with E-state index in [2.05, 4.69) is 65.2 Å². The van der Waals surface area contributed by atoms with Gasteiger partial charge in [-0.3, -0.25) is 4.79 Å². The molecular weight excluding hydrogens is 429 g/mol. The summed E-state index contributed by atoms with van der Waals surface area (Å²) < 4.78 is 14.4. The molecule has 0 unspecified atom stereocenters. The van der Waals surface area contributed by atoms with E-state index in [1.165, 1.54) is 11.9 Å². The lowest BCUT2D eigenvalue weighted by Crippen LogP contribution is -2.53. The van der Waals surface area contributed by atoms with Gasteiger partial charge in [0.25, 0.3) is 0 Å². The quantitative estimate of drug-likeness (QED) is 0.731. The van der Waals surface area contributed by atoms with Crippen molar-refractivity contribution in [3.8, 4) is 0 Å². The van der Waals surface area contributed by atoms with Crippen molar-refractivity contribution in [2.24, 2.45) is 0 Å². The van der Waals surface area contributed by atoms with E-state index in [0.717, 1.165) is 29.8 Å². The summed E-state index contributed by atoms with van der Waals surface area (Å²) in [5.74, 6) is 0.968. The third kappa shape index (κ3) is 4.30. The molecule has 34 heavy (non-hydrogen) atoms. The predicted molar refractivity (Wildman–Crippen MR) is 132 cm³/mol. The standard InChI is InChI=1S/C27H36FN5O/c1-17-5-7-19(8-6-17)23(21-9-10-27(3,4)31-21)26(34)33-13-11-32(12-14-33)25-22-18(2)15-20(28)24(22)29-16-30-25/h5-8,16,18,20-21,23,31H,9-15H2,1-4H3/t18-,20+,21+,23+/m1/s1. The average molecular weight is 466 g/mol. The molecule has 0 saturated carbocycles. The summed E-state index contributed by atoms with van der Waals surface area (Å²) in [6.45, 7) is 11.2. The predicted octanol–water partition coefficient (Wildman–Crippen LogP) is 4.27. The Bertz CT molecular complexity index is 1050. The van der Waals surface area contributed by atoms with Crippen LogP contribution in [-0.4, -0.2) is 58.5 Å². The first-order chi connectivity index (χ1) is 16.2. The number of aromatic nitrogens is 2. The van der Waals surface area contributed by atoms with Crippen molar-refractivity contribution >= 4 is 11.7 Å². The maximum Gasteiger partial charge on any atom is 0.231 e. The lowest BCUT2D eigenvalue weighted by molar-refractivity contribution is -0.133. The first-order valence-electron chi connectivity index (χ1n) is 12.6. The highest BCUT2D eigenvalue weighted by Crippen LogP contribution is 2.44. The fourth-order valence-electron chi connectivity index (χ4n) is 5.98. The van der Waals surface area contributed by atoms with Crippen LogP contribution in [0.15, 0.2) is 30.6 Å². The number of fused-ring (bicyclic) bond motifs is 1. The molecule has 1 aromatic carbocycles. The van der Waals surface area contributed by atoms with Crippen LogP contribution in [0.2, 0.25) is 0 Å². The topological polar surface area (TPSA) is 61.4 Å². The molecule has 4 atom stereocenters. The average Bonchev–Trinajstić information content (AvgIpc) is 3.33. The fourth-order valence-corrected chi connectivity index (χ4v) is 5.98. The van der Waals surface area contributed by atoms with Crippen molar-refractivity contribution in [1.29, 1.82) is 0 Å². The molecule has 2 aromatic rings. The highest BCUT2D eigenvalue weighted by atomic mass is 19.1. The van der Waals surface area contributed by atoms with Gasteiger partial charge in [0.1, 0.15) is 18.3 Å². The van der Waals surface area contributed by atoms with Crippen molar-refractivity contribution in [2.45, 2.75) is 76.5 Å². The highest BCUT2D eigenvalue weighted by Gasteiger charge is 2.41. The Balaban J connectivity index is 1.33. The molecule has 3 aliphatic rings. The Labute approximate surface area is 202 Å². The first kappa shape index (κ1) is 23.2. The first-order valence-corrected chi connectivity index (χ1v) is 12.6. The maximum absolute atomic E-state index is 14.4. The summed E-state index contributed by atoms with van der Waals surface area (Å²) in [6.07, 6.45) is 3.01. The van der Waals surface area contributed by atoms with Gasteiger partial charge in [0.05, 0.1) is 11.6 Å². The van der Waals surface area contributed by atoms with E-state index in [1.54, 1.807) is 0 Å². The number of alkyl halides is 1. The van der Waals surface area contributed by atoms with Crippen molar-refractivity contribution in [3.63, 3.8) is 0 Å². The molecule has 2 saturated heterocycles. The number of piperazine rings is 1. The van der Waals surface area contributed by atoms with Gasteiger partial charge in [-0.05, 0) is 51.5 Å². The van der Waals surface area contributed by atoms with Crippen LogP contribution in [0.25, 0.3) is 0 Å². The number of halogens is 1. The molecule has 1 aliphatic carbocycles. The van der Waals surface area contributed by atoms with Crippen LogP contribution in [0.1, 0.15) is 80.4 Å². The Morgan fingerprint density at radius 3 is 2.50 bits per heavy atom. The van der Waals surface area contributed by atoms with Crippen molar-refractivity contribution in [1.82, 2.24) is 20.2 Å². The Kier molecular flexibility index (Phi) is 6.09. The van der Waals surface area contributed by atoms with Crippen molar-refractivity contribution < 1.29 is 9.18 Å². The van der Waals surface area contributed by atoms with Crippen LogP contribution in [0, 0.1) is 6.92 Å². The molecule has 2 aliphatic heterocycles. The SMILES string of the molecule is Cc1ccc([C@H](C(=O)N2CCN(c3ncnc4c3[C@H](C)C[C@@H]4F)CC2)[C@@H]2CCC(C)(C)N2)cc1. The number of carbonyl (C=O) groups is 1. The molecule has 1 aromatic heterocycles. The molecule has 182 valence electrons. The summed E-state index contributed by atoms with van der Waals surface area (Å²) >= 11 is 0. The van der Waals surface area contributed by atoms with Crippen LogP contribution < -0.4 is 10.2 Å². The van der Waals surface area contributed by atoms with Gasteiger partial charge >= 0.3 is 0 Å². The van der Waals surface area contributed by atoms with Crippen LogP contribution in [0.4, 0.5) is 10.2 Å². The fraction of sp³-hybridized carbons (Fsp3) is 0.593. The summed E-state index contributed by atoms with van der Waals surface area (Å²) in [6, 6.07) is 8.56. The third-order valence-electron chi connectivity index (χ3n) is 7.90. The van der Waals surface area contributed by atoms with E-state index in [0.29, 0.717) is 38.3 Å². The van der Waals surface area contributed by atoms with Gasteiger partial charge in [-0.1, -0.05) is 36.8 Å². The summed E-state index contributed by atoms with van der Waals surface area (Å²) in [5.41, 5.74) is 3.83. The zero-order valence-corrected chi connectivity index (χ0v) is 20.7. The second-order valence-corrected chi connectivity index (χ2v) is 11.0. The monoisotopic (exact) mass is 465 g/mol. The largest absolute Gasteiger partial charge is 0.353 e. The van der Waals surface area contributed by atoms with Gasteiger partial charge in [0.15, 0.2) is 0 Å². The molecule has 1 amide bonds. The minimum atomic E-state index is -1.01. The van der Waals surface area contributed by atoms with Crippen LogP contribution in [-0.2, 0) is 4.79 Å². The number of hydrogen-bond donors (Lipinski definition) is 1. The van der Waals surface area contributed by atoms with Gasteiger partial charge in [0, 0.05) is 43.3 Å². The number of aryl methyl sites for hydroxylation is 1. The molecule has 5 rings (SSSR count). The Hall–Kier alpha value is -2.54. The van der Waals surface area contributed by atoms with Gasteiger partial charge in [-0.25, -0.2) is 14.4 Å². The van der Waals surface area contributed by atoms with Gasteiger partial charge in [-0.2, -0.15) is 0 Å². The second kappa shape index (κ2) is 8.91.